The van der Waals surface area contributed by atoms with E-state index in [1.54, 1.807) is 11.7 Å². The number of fused-ring (bicyclic) bond motifs is 2. The van der Waals surface area contributed by atoms with Gasteiger partial charge in [-0.15, -0.1) is 0 Å². The molecule has 0 bridgehead atoms. The van der Waals surface area contributed by atoms with Gasteiger partial charge < -0.3 is 19.6 Å². The number of rotatable bonds is 6. The van der Waals surface area contributed by atoms with Crippen molar-refractivity contribution in [2.24, 2.45) is 12.8 Å². The first-order valence-corrected chi connectivity index (χ1v) is 10.2. The third-order valence-electron chi connectivity index (χ3n) is 5.72. The molecule has 2 aromatic carbocycles. The molecule has 0 unspecified atom stereocenters. The van der Waals surface area contributed by atoms with Crippen LogP contribution in [0.2, 0.25) is 0 Å². The monoisotopic (exact) mass is 416 g/mol. The van der Waals surface area contributed by atoms with E-state index in [4.69, 9.17) is 10.5 Å². The molecule has 8 nitrogen and oxygen atoms in total. The molecule has 158 valence electrons. The van der Waals surface area contributed by atoms with Crippen molar-refractivity contribution in [2.75, 3.05) is 13.7 Å². The van der Waals surface area contributed by atoms with Crippen molar-refractivity contribution in [3.05, 3.63) is 65.3 Å². The third-order valence-corrected chi connectivity index (χ3v) is 5.72. The fourth-order valence-electron chi connectivity index (χ4n) is 4.23. The largest absolute Gasteiger partial charge is 0.497 e. The highest BCUT2D eigenvalue weighted by Gasteiger charge is 2.21. The first-order valence-electron chi connectivity index (χ1n) is 10.2. The third kappa shape index (κ3) is 3.03. The van der Waals surface area contributed by atoms with E-state index in [0.717, 1.165) is 51.8 Å². The van der Waals surface area contributed by atoms with Crippen LogP contribution in [0.15, 0.2) is 59.7 Å². The van der Waals surface area contributed by atoms with Crippen molar-refractivity contribution >= 4 is 21.8 Å². The summed E-state index contributed by atoms with van der Waals surface area (Å²) in [5, 5.41) is 8.99. The topological polar surface area (TPSA) is 95.8 Å². The number of aromatic amines is 1. The van der Waals surface area contributed by atoms with Gasteiger partial charge >= 0.3 is 5.69 Å². The second-order valence-corrected chi connectivity index (χ2v) is 7.59. The summed E-state index contributed by atoms with van der Waals surface area (Å²) in [4.78, 5) is 13.0. The molecule has 0 spiro atoms. The lowest BCUT2D eigenvalue weighted by atomic mass is 10.1. The highest BCUT2D eigenvalue weighted by Crippen LogP contribution is 2.33. The zero-order chi connectivity index (χ0) is 21.5. The van der Waals surface area contributed by atoms with E-state index in [9.17, 15) is 4.79 Å². The number of H-pyrrole nitrogens is 1. The molecular weight excluding hydrogens is 392 g/mol. The van der Waals surface area contributed by atoms with E-state index in [0.29, 0.717) is 12.4 Å². The Kier molecular flexibility index (Phi) is 4.63. The zero-order valence-electron chi connectivity index (χ0n) is 17.5. The zero-order valence-corrected chi connectivity index (χ0v) is 17.5. The van der Waals surface area contributed by atoms with Crippen LogP contribution < -0.4 is 16.2 Å². The molecular formula is C23H24N6O2. The normalized spacial score (nSPS) is 11.6. The highest BCUT2D eigenvalue weighted by molar-refractivity contribution is 5.96. The maximum atomic E-state index is 13.0. The van der Waals surface area contributed by atoms with Crippen molar-refractivity contribution < 1.29 is 4.74 Å². The first-order chi connectivity index (χ1) is 15.1. The fraction of sp³-hybridized carbons (Fsp3) is 0.217. The maximum absolute atomic E-state index is 13.0. The van der Waals surface area contributed by atoms with E-state index < -0.39 is 0 Å². The number of hydrogen-bond acceptors (Lipinski definition) is 4. The molecule has 0 aliphatic heterocycles. The van der Waals surface area contributed by atoms with Gasteiger partial charge in [0.2, 0.25) is 0 Å². The summed E-state index contributed by atoms with van der Waals surface area (Å²) in [5.41, 5.74) is 9.19. The number of para-hydroxylation sites is 1. The summed E-state index contributed by atoms with van der Waals surface area (Å²) >= 11 is 0. The number of methoxy groups -OCH3 is 1. The minimum Gasteiger partial charge on any atom is -0.497 e. The molecule has 0 aliphatic rings. The maximum Gasteiger partial charge on any atom is 0.348 e. The second-order valence-electron chi connectivity index (χ2n) is 7.59. The lowest BCUT2D eigenvalue weighted by Gasteiger charge is -2.05. The number of aryl methyl sites for hydroxylation is 2. The van der Waals surface area contributed by atoms with Crippen molar-refractivity contribution in [3.63, 3.8) is 0 Å². The summed E-state index contributed by atoms with van der Waals surface area (Å²) in [6.07, 6.45) is 4.84. The van der Waals surface area contributed by atoms with E-state index in [2.05, 4.69) is 20.8 Å². The molecule has 0 radical (unpaired) electrons. The molecule has 3 N–H and O–H groups in total. The number of ether oxygens (including phenoxy) is 1. The molecule has 5 rings (SSSR count). The van der Waals surface area contributed by atoms with Crippen molar-refractivity contribution in [1.82, 2.24) is 23.9 Å². The predicted molar refractivity (Wildman–Crippen MR) is 122 cm³/mol. The van der Waals surface area contributed by atoms with Crippen LogP contribution >= 0.6 is 0 Å². The van der Waals surface area contributed by atoms with Gasteiger partial charge in [-0.05, 0) is 37.2 Å². The Bertz CT molecular complexity index is 1450. The molecule has 0 atom stereocenters. The Morgan fingerprint density at radius 2 is 1.94 bits per heavy atom. The van der Waals surface area contributed by atoms with Gasteiger partial charge in [-0.25, -0.2) is 14.5 Å². The molecule has 0 aliphatic carbocycles. The van der Waals surface area contributed by atoms with Crippen LogP contribution in [0.3, 0.4) is 0 Å². The Labute approximate surface area is 178 Å². The number of aromatic nitrogens is 5. The van der Waals surface area contributed by atoms with Crippen LogP contribution in [-0.2, 0) is 13.6 Å². The van der Waals surface area contributed by atoms with Gasteiger partial charge in [0.05, 0.1) is 18.3 Å². The van der Waals surface area contributed by atoms with E-state index in [1.165, 1.54) is 0 Å². The molecule has 8 heteroatoms. The smallest absolute Gasteiger partial charge is 0.348 e. The molecule has 0 saturated heterocycles. The number of nitrogens with zero attached hydrogens (tertiary/aromatic N) is 4. The number of nitrogens with two attached hydrogens (primary N) is 1. The van der Waals surface area contributed by atoms with E-state index in [1.807, 2.05) is 60.4 Å². The van der Waals surface area contributed by atoms with Crippen molar-refractivity contribution in [2.45, 2.75) is 13.0 Å². The summed E-state index contributed by atoms with van der Waals surface area (Å²) in [5.74, 6) is 1.30. The Morgan fingerprint density at radius 3 is 2.74 bits per heavy atom. The Balaban J connectivity index is 1.78. The molecule has 3 heterocycles. The predicted octanol–water partition coefficient (Wildman–Crippen LogP) is 3.03. The van der Waals surface area contributed by atoms with Gasteiger partial charge in [-0.3, -0.25) is 0 Å². The van der Waals surface area contributed by atoms with E-state index in [-0.39, 0.29) is 5.69 Å². The highest BCUT2D eigenvalue weighted by atomic mass is 16.5. The molecule has 0 saturated carbocycles. The van der Waals surface area contributed by atoms with Gasteiger partial charge in [0.15, 0.2) is 5.82 Å². The molecule has 3 aromatic heterocycles. The van der Waals surface area contributed by atoms with Gasteiger partial charge in [0, 0.05) is 47.8 Å². The fourth-order valence-corrected chi connectivity index (χ4v) is 4.23. The van der Waals surface area contributed by atoms with Crippen LogP contribution in [0, 0.1) is 0 Å². The van der Waals surface area contributed by atoms with Crippen LogP contribution in [0.4, 0.5) is 0 Å². The molecule has 0 amide bonds. The van der Waals surface area contributed by atoms with Crippen LogP contribution in [0.25, 0.3) is 38.9 Å². The van der Waals surface area contributed by atoms with Gasteiger partial charge in [0.25, 0.3) is 0 Å². The Morgan fingerprint density at radius 1 is 1.10 bits per heavy atom. The molecule has 5 aromatic rings. The number of nitrogens with one attached hydrogen (secondary N) is 1. The van der Waals surface area contributed by atoms with Crippen LogP contribution in [-0.4, -0.2) is 37.6 Å². The SMILES string of the molecule is COc1ccc2c(c1)c(-n1c(-c3cn(C)c4ccccc34)n[nH]c1=O)cn2CCCN. The van der Waals surface area contributed by atoms with Crippen molar-refractivity contribution in [3.8, 4) is 22.8 Å². The molecule has 0 fully saturated rings. The van der Waals surface area contributed by atoms with Gasteiger partial charge in [0.1, 0.15) is 5.75 Å². The first kappa shape index (κ1) is 19.2. The average molecular weight is 416 g/mol. The standard InChI is InChI=1S/C23H24N6O2/c1-27-13-18(16-6-3-4-7-19(16)27)22-25-26-23(30)29(22)21-14-28(11-5-10-24)20-9-8-15(31-2)12-17(20)21/h3-4,6-9,12-14H,5,10-11,24H2,1-2H3,(H,26,30). The summed E-state index contributed by atoms with van der Waals surface area (Å²) in [6, 6.07) is 14.0. The van der Waals surface area contributed by atoms with Gasteiger partial charge in [-0.1, -0.05) is 18.2 Å². The van der Waals surface area contributed by atoms with Gasteiger partial charge in [-0.2, -0.15) is 5.10 Å². The average Bonchev–Trinajstić information content (AvgIpc) is 3.45. The summed E-state index contributed by atoms with van der Waals surface area (Å²) in [6.45, 7) is 1.35. The molecule has 31 heavy (non-hydrogen) atoms. The minimum absolute atomic E-state index is 0.288. The lowest BCUT2D eigenvalue weighted by Crippen LogP contribution is -2.15. The van der Waals surface area contributed by atoms with Crippen LogP contribution in [0.5, 0.6) is 5.75 Å². The Hall–Kier alpha value is -3.78. The second kappa shape index (κ2) is 7.48. The van der Waals surface area contributed by atoms with Crippen LogP contribution in [0.1, 0.15) is 6.42 Å². The number of benzene rings is 2. The lowest BCUT2D eigenvalue weighted by molar-refractivity contribution is 0.415. The quantitative estimate of drug-likeness (QED) is 0.445. The summed E-state index contributed by atoms with van der Waals surface area (Å²) in [7, 11) is 3.63. The summed E-state index contributed by atoms with van der Waals surface area (Å²) < 4.78 is 11.3. The number of hydrogen-bond donors (Lipinski definition) is 2. The van der Waals surface area contributed by atoms with Crippen molar-refractivity contribution in [1.29, 1.82) is 0 Å². The minimum atomic E-state index is -0.288. The van der Waals surface area contributed by atoms with E-state index >= 15 is 0 Å².